The van der Waals surface area contributed by atoms with E-state index in [1.54, 1.807) is 0 Å². The Kier molecular flexibility index (Phi) is 8.43. The van der Waals surface area contributed by atoms with E-state index in [1.807, 2.05) is 6.92 Å². The number of anilines is 2. The number of aliphatic carboxylic acids is 1. The van der Waals surface area contributed by atoms with Gasteiger partial charge in [0.2, 0.25) is 0 Å². The normalized spacial score (nSPS) is 19.6. The molecule has 1 unspecified atom stereocenters. The van der Waals surface area contributed by atoms with Crippen LogP contribution in [0, 0.1) is 5.92 Å². The van der Waals surface area contributed by atoms with E-state index in [9.17, 15) is 9.90 Å². The summed E-state index contributed by atoms with van der Waals surface area (Å²) in [5.41, 5.74) is 3.56. The maximum absolute atomic E-state index is 11.3. The summed E-state index contributed by atoms with van der Waals surface area (Å²) >= 11 is 0. The highest BCUT2D eigenvalue weighted by Gasteiger charge is 2.26. The first-order valence-corrected chi connectivity index (χ1v) is 11.9. The summed E-state index contributed by atoms with van der Waals surface area (Å²) in [6, 6.07) is 7.61. The zero-order valence-corrected chi connectivity index (χ0v) is 19.0. The minimum Gasteiger partial charge on any atom is -0.481 e. The number of hydrogen-bond acceptors (Lipinski definition) is 4. The van der Waals surface area contributed by atoms with Gasteiger partial charge in [0, 0.05) is 31.8 Å². The number of carboxylic acid groups (broad SMARTS) is 1. The Bertz CT molecular complexity index is 679. The summed E-state index contributed by atoms with van der Waals surface area (Å²) in [5, 5.41) is 13.1. The van der Waals surface area contributed by atoms with Crippen LogP contribution in [0.1, 0.15) is 83.6 Å². The third-order valence-electron chi connectivity index (χ3n) is 6.54. The van der Waals surface area contributed by atoms with Crippen LogP contribution in [-0.4, -0.2) is 42.9 Å². The summed E-state index contributed by atoms with van der Waals surface area (Å²) < 4.78 is 5.55. The van der Waals surface area contributed by atoms with Gasteiger partial charge in [-0.05, 0) is 55.2 Å². The molecule has 2 aliphatic rings. The SMILES string of the molecule is CC(C)CN(c1ccc(C(C)CC(=O)O)cc1NC1CCOCC1)C1CCCCC1. The molecule has 30 heavy (non-hydrogen) atoms. The molecule has 1 aliphatic heterocycles. The predicted molar refractivity (Wildman–Crippen MR) is 124 cm³/mol. The second-order valence-corrected chi connectivity index (χ2v) is 9.64. The third-order valence-corrected chi connectivity index (χ3v) is 6.54. The molecule has 0 spiro atoms. The zero-order valence-electron chi connectivity index (χ0n) is 19.0. The van der Waals surface area contributed by atoms with Gasteiger partial charge in [-0.1, -0.05) is 46.1 Å². The van der Waals surface area contributed by atoms with Crippen LogP contribution < -0.4 is 10.2 Å². The molecule has 2 N–H and O–H groups in total. The molecule has 168 valence electrons. The van der Waals surface area contributed by atoms with Crippen molar-refractivity contribution in [2.75, 3.05) is 30.0 Å². The van der Waals surface area contributed by atoms with Crippen LogP contribution in [0.2, 0.25) is 0 Å². The first-order chi connectivity index (χ1) is 14.4. The van der Waals surface area contributed by atoms with Gasteiger partial charge in [0.1, 0.15) is 0 Å². The van der Waals surface area contributed by atoms with Crippen LogP contribution in [0.25, 0.3) is 0 Å². The second kappa shape index (κ2) is 11.0. The van der Waals surface area contributed by atoms with Gasteiger partial charge in [0.05, 0.1) is 17.8 Å². The molecule has 0 radical (unpaired) electrons. The molecule has 2 fully saturated rings. The van der Waals surface area contributed by atoms with E-state index in [4.69, 9.17) is 4.74 Å². The Hall–Kier alpha value is -1.75. The van der Waals surface area contributed by atoms with Gasteiger partial charge < -0.3 is 20.1 Å². The molecule has 1 aromatic rings. The molecular weight excluding hydrogens is 376 g/mol. The van der Waals surface area contributed by atoms with Crippen molar-refractivity contribution in [2.24, 2.45) is 5.92 Å². The van der Waals surface area contributed by atoms with Gasteiger partial charge >= 0.3 is 5.97 Å². The van der Waals surface area contributed by atoms with Gasteiger partial charge in [0.15, 0.2) is 0 Å². The average Bonchev–Trinajstić information content (AvgIpc) is 2.73. The van der Waals surface area contributed by atoms with Crippen molar-refractivity contribution < 1.29 is 14.6 Å². The zero-order chi connectivity index (χ0) is 21.5. The molecule has 5 nitrogen and oxygen atoms in total. The quantitative estimate of drug-likeness (QED) is 0.544. The summed E-state index contributed by atoms with van der Waals surface area (Å²) in [4.78, 5) is 13.9. The summed E-state index contributed by atoms with van der Waals surface area (Å²) in [6.07, 6.45) is 8.70. The van der Waals surface area contributed by atoms with Crippen molar-refractivity contribution in [1.82, 2.24) is 0 Å². The maximum Gasteiger partial charge on any atom is 0.303 e. The van der Waals surface area contributed by atoms with E-state index in [2.05, 4.69) is 42.3 Å². The van der Waals surface area contributed by atoms with Gasteiger partial charge in [0.25, 0.3) is 0 Å². The summed E-state index contributed by atoms with van der Waals surface area (Å²) in [6.45, 7) is 9.27. The van der Waals surface area contributed by atoms with E-state index < -0.39 is 5.97 Å². The topological polar surface area (TPSA) is 61.8 Å². The number of benzene rings is 1. The Morgan fingerprint density at radius 1 is 1.13 bits per heavy atom. The molecule has 0 aromatic heterocycles. The fraction of sp³-hybridized carbons (Fsp3) is 0.720. The predicted octanol–water partition coefficient (Wildman–Crippen LogP) is 5.65. The van der Waals surface area contributed by atoms with Crippen molar-refractivity contribution in [2.45, 2.75) is 90.1 Å². The number of carboxylic acids is 1. The minimum atomic E-state index is -0.742. The highest BCUT2D eigenvalue weighted by molar-refractivity contribution is 5.73. The minimum absolute atomic E-state index is 0.0000171. The molecule has 1 aliphatic carbocycles. The molecule has 5 heteroatoms. The van der Waals surface area contributed by atoms with Crippen LogP contribution in [0.4, 0.5) is 11.4 Å². The smallest absolute Gasteiger partial charge is 0.303 e. The van der Waals surface area contributed by atoms with Crippen LogP contribution >= 0.6 is 0 Å². The fourth-order valence-corrected chi connectivity index (χ4v) is 4.90. The number of hydrogen-bond donors (Lipinski definition) is 2. The van der Waals surface area contributed by atoms with Gasteiger partial charge in [-0.15, -0.1) is 0 Å². The van der Waals surface area contributed by atoms with E-state index in [1.165, 1.54) is 43.5 Å². The lowest BCUT2D eigenvalue weighted by molar-refractivity contribution is -0.137. The van der Waals surface area contributed by atoms with E-state index in [0.717, 1.165) is 38.2 Å². The van der Waals surface area contributed by atoms with Crippen LogP contribution in [-0.2, 0) is 9.53 Å². The summed E-state index contributed by atoms with van der Waals surface area (Å²) in [5.74, 6) is -0.150. The van der Waals surface area contributed by atoms with E-state index >= 15 is 0 Å². The Labute approximate surface area is 182 Å². The van der Waals surface area contributed by atoms with E-state index in [0.29, 0.717) is 18.0 Å². The van der Waals surface area contributed by atoms with Crippen LogP contribution in [0.3, 0.4) is 0 Å². The van der Waals surface area contributed by atoms with Crippen molar-refractivity contribution in [3.8, 4) is 0 Å². The van der Waals surface area contributed by atoms with Crippen molar-refractivity contribution >= 4 is 17.3 Å². The number of ether oxygens (including phenoxy) is 1. The molecule has 1 saturated heterocycles. The Morgan fingerprint density at radius 3 is 2.47 bits per heavy atom. The average molecular weight is 417 g/mol. The van der Waals surface area contributed by atoms with Crippen LogP contribution in [0.5, 0.6) is 0 Å². The van der Waals surface area contributed by atoms with Gasteiger partial charge in [-0.2, -0.15) is 0 Å². The van der Waals surface area contributed by atoms with Gasteiger partial charge in [-0.3, -0.25) is 4.79 Å². The van der Waals surface area contributed by atoms with Crippen molar-refractivity contribution in [3.05, 3.63) is 23.8 Å². The first kappa shape index (κ1) is 22.9. The largest absolute Gasteiger partial charge is 0.481 e. The molecule has 0 amide bonds. The van der Waals surface area contributed by atoms with E-state index in [-0.39, 0.29) is 12.3 Å². The Morgan fingerprint density at radius 2 is 1.83 bits per heavy atom. The number of carbonyl (C=O) groups is 1. The molecule has 1 atom stereocenters. The lowest BCUT2D eigenvalue weighted by Gasteiger charge is -2.39. The molecule has 1 aromatic carbocycles. The summed E-state index contributed by atoms with van der Waals surface area (Å²) in [7, 11) is 0. The molecule has 3 rings (SSSR count). The second-order valence-electron chi connectivity index (χ2n) is 9.64. The molecular formula is C25H40N2O3. The molecule has 1 heterocycles. The van der Waals surface area contributed by atoms with Crippen molar-refractivity contribution in [1.29, 1.82) is 0 Å². The standard InChI is InChI=1S/C25H40N2O3/c1-18(2)17-27(22-7-5-4-6-8-22)24-10-9-20(19(3)15-25(28)29)16-23(24)26-21-11-13-30-14-12-21/h9-10,16,18-19,21-22,26H,4-8,11-15,17H2,1-3H3,(H,28,29). The molecule has 1 saturated carbocycles. The Balaban J connectivity index is 1.92. The number of nitrogens with one attached hydrogen (secondary N) is 1. The lowest BCUT2D eigenvalue weighted by atomic mass is 9.92. The molecule has 0 bridgehead atoms. The van der Waals surface area contributed by atoms with Crippen LogP contribution in [0.15, 0.2) is 18.2 Å². The maximum atomic E-state index is 11.3. The highest BCUT2D eigenvalue weighted by Crippen LogP contribution is 2.36. The monoisotopic (exact) mass is 416 g/mol. The lowest BCUT2D eigenvalue weighted by Crippen LogP contribution is -2.40. The number of nitrogens with zero attached hydrogens (tertiary/aromatic N) is 1. The third kappa shape index (κ3) is 6.37. The van der Waals surface area contributed by atoms with Gasteiger partial charge in [-0.25, -0.2) is 0 Å². The first-order valence-electron chi connectivity index (χ1n) is 11.9. The highest BCUT2D eigenvalue weighted by atomic mass is 16.5. The fourth-order valence-electron chi connectivity index (χ4n) is 4.90. The number of rotatable bonds is 9. The van der Waals surface area contributed by atoms with Crippen molar-refractivity contribution in [3.63, 3.8) is 0 Å².